The molecule has 0 spiro atoms. The summed E-state index contributed by atoms with van der Waals surface area (Å²) in [6.07, 6.45) is -0.409. The molecule has 0 fully saturated rings. The molecular weight excluding hydrogens is 702 g/mol. The lowest BCUT2D eigenvalue weighted by Crippen LogP contribution is -2.64. The van der Waals surface area contributed by atoms with Crippen molar-refractivity contribution in [2.45, 2.75) is 88.4 Å². The predicted octanol–water partition coefficient (Wildman–Crippen LogP) is 3.84. The van der Waals surface area contributed by atoms with Gasteiger partial charge in [-0.2, -0.15) is 0 Å². The van der Waals surface area contributed by atoms with Crippen LogP contribution in [0.25, 0.3) is 11.1 Å². The smallest absolute Gasteiger partial charge is 0.408 e. The fourth-order valence-corrected chi connectivity index (χ4v) is 6.62. The zero-order valence-corrected chi connectivity index (χ0v) is 31.7. The molecule has 3 aromatic rings. The molecule has 3 aromatic carbocycles. The molecule has 0 unspecified atom stereocenters. The number of fused-ring (bicyclic) bond motifs is 3. The maximum absolute atomic E-state index is 14.6. The van der Waals surface area contributed by atoms with Crippen molar-refractivity contribution in [1.82, 2.24) is 16.0 Å². The summed E-state index contributed by atoms with van der Waals surface area (Å²) in [5, 5.41) is 7.95. The number of unbranched alkanes of at least 4 members (excludes halogenated alkanes) is 1. The molecule has 0 saturated heterocycles. The zero-order valence-electron chi connectivity index (χ0n) is 31.7. The Labute approximate surface area is 322 Å². The SMILES string of the molecule is CC(C)(C)OC(=O)N[C@](C=O)(CCCCN)C(=O)[C@H](Cc1ccccc1)NC(=O)[C@@H](CCCN=C(N)N)NC(=O)OCC1c2ccccc2-c2ccccc21. The minimum Gasteiger partial charge on any atom is -0.449 e. The van der Waals surface area contributed by atoms with Crippen molar-refractivity contribution in [3.05, 3.63) is 95.6 Å². The molecule has 0 saturated carbocycles. The highest BCUT2D eigenvalue weighted by Crippen LogP contribution is 2.44. The van der Waals surface area contributed by atoms with E-state index in [4.69, 9.17) is 26.7 Å². The molecule has 14 nitrogen and oxygen atoms in total. The highest BCUT2D eigenvalue weighted by atomic mass is 16.6. The zero-order chi connectivity index (χ0) is 40.0. The predicted molar refractivity (Wildman–Crippen MR) is 210 cm³/mol. The molecule has 3 amide bonds. The third kappa shape index (κ3) is 11.9. The first-order valence-electron chi connectivity index (χ1n) is 18.5. The van der Waals surface area contributed by atoms with Gasteiger partial charge in [0, 0.05) is 12.5 Å². The molecule has 0 radical (unpaired) electrons. The van der Waals surface area contributed by atoms with Crippen molar-refractivity contribution < 1.29 is 33.4 Å². The molecule has 1 aliphatic rings. The summed E-state index contributed by atoms with van der Waals surface area (Å²) in [6.45, 7) is 5.43. The Hall–Kier alpha value is -5.76. The highest BCUT2D eigenvalue weighted by Gasteiger charge is 2.45. The van der Waals surface area contributed by atoms with Gasteiger partial charge >= 0.3 is 12.2 Å². The Morgan fingerprint density at radius 2 is 1.44 bits per heavy atom. The third-order valence-corrected chi connectivity index (χ3v) is 9.20. The van der Waals surface area contributed by atoms with Crippen molar-refractivity contribution in [2.24, 2.45) is 22.2 Å². The summed E-state index contributed by atoms with van der Waals surface area (Å²) < 4.78 is 11.2. The van der Waals surface area contributed by atoms with Crippen molar-refractivity contribution in [1.29, 1.82) is 0 Å². The number of nitrogens with two attached hydrogens (primary N) is 3. The van der Waals surface area contributed by atoms with Gasteiger partial charge in [-0.15, -0.1) is 0 Å². The van der Waals surface area contributed by atoms with Gasteiger partial charge in [0.1, 0.15) is 18.2 Å². The highest BCUT2D eigenvalue weighted by molar-refractivity contribution is 6.09. The van der Waals surface area contributed by atoms with Crippen LogP contribution in [0.4, 0.5) is 9.59 Å². The quantitative estimate of drug-likeness (QED) is 0.0340. The maximum Gasteiger partial charge on any atom is 0.408 e. The van der Waals surface area contributed by atoms with Crippen molar-refractivity contribution in [3.8, 4) is 11.1 Å². The Morgan fingerprint density at radius 3 is 2.02 bits per heavy atom. The van der Waals surface area contributed by atoms with Gasteiger partial charge in [-0.3, -0.25) is 14.6 Å². The second-order valence-corrected chi connectivity index (χ2v) is 14.5. The van der Waals surface area contributed by atoms with Gasteiger partial charge in [0.15, 0.2) is 23.6 Å². The maximum atomic E-state index is 14.6. The average molecular weight is 756 g/mol. The van der Waals surface area contributed by atoms with E-state index in [9.17, 15) is 24.0 Å². The first-order valence-corrected chi connectivity index (χ1v) is 18.5. The lowest BCUT2D eigenvalue weighted by atomic mass is 9.83. The van der Waals surface area contributed by atoms with E-state index in [1.165, 1.54) is 0 Å². The normalized spacial score (nSPS) is 14.2. The van der Waals surface area contributed by atoms with Crippen molar-refractivity contribution in [3.63, 3.8) is 0 Å². The van der Waals surface area contributed by atoms with Gasteiger partial charge < -0.3 is 47.4 Å². The summed E-state index contributed by atoms with van der Waals surface area (Å²) in [6, 6.07) is 22.2. The van der Waals surface area contributed by atoms with Gasteiger partial charge in [0.05, 0.1) is 6.04 Å². The van der Waals surface area contributed by atoms with E-state index in [1.807, 2.05) is 48.5 Å². The summed E-state index contributed by atoms with van der Waals surface area (Å²) in [5.41, 5.74) is 18.6. The monoisotopic (exact) mass is 755 g/mol. The molecule has 3 atom stereocenters. The standard InChI is InChI=1S/C41H53N7O7/c1-40(2,3)55-39(53)48-41(26-49,21-11-12-22-42)35(50)34(24-27-14-5-4-6-15-27)46-36(51)33(20-13-23-45-37(43)44)47-38(52)54-25-32-30-18-9-7-16-28(30)29-17-8-10-19-31(29)32/h4-10,14-19,26,32-34H,11-13,20-25,42H2,1-3H3,(H,46,51)(H,47,52)(H,48,53)(H4,43,44,45)/t33-,34+,41+/m1/s1. The number of hydrogen-bond donors (Lipinski definition) is 6. The van der Waals surface area contributed by atoms with Crippen LogP contribution in [-0.4, -0.2) is 79.0 Å². The Bertz CT molecular complexity index is 1780. The van der Waals surface area contributed by atoms with Crippen LogP contribution in [0.1, 0.15) is 75.5 Å². The fourth-order valence-electron chi connectivity index (χ4n) is 6.62. The van der Waals surface area contributed by atoms with Crippen LogP contribution in [0.15, 0.2) is 83.9 Å². The van der Waals surface area contributed by atoms with Gasteiger partial charge in [-0.05, 0) is 93.7 Å². The number of nitrogens with zero attached hydrogens (tertiary/aromatic N) is 1. The third-order valence-electron chi connectivity index (χ3n) is 9.20. The number of nitrogens with one attached hydrogen (secondary N) is 3. The second kappa shape index (κ2) is 19.5. The molecule has 0 bridgehead atoms. The number of carbonyl (C=O) groups excluding carboxylic acids is 5. The lowest BCUT2D eigenvalue weighted by molar-refractivity contribution is -0.136. The average Bonchev–Trinajstić information content (AvgIpc) is 3.47. The van der Waals surface area contributed by atoms with Crippen LogP contribution in [0.3, 0.4) is 0 Å². The number of aldehydes is 1. The Kier molecular flexibility index (Phi) is 14.9. The number of guanidine groups is 1. The number of ether oxygens (including phenoxy) is 2. The van der Waals surface area contributed by atoms with Crippen LogP contribution in [-0.2, 0) is 30.3 Å². The van der Waals surface area contributed by atoms with E-state index in [0.717, 1.165) is 22.3 Å². The van der Waals surface area contributed by atoms with E-state index < -0.39 is 47.1 Å². The number of alkyl carbamates (subject to hydrolysis) is 2. The fraction of sp³-hybridized carbons (Fsp3) is 0.415. The largest absolute Gasteiger partial charge is 0.449 e. The lowest BCUT2D eigenvalue weighted by Gasteiger charge is -2.33. The van der Waals surface area contributed by atoms with E-state index in [2.05, 4.69) is 20.9 Å². The van der Waals surface area contributed by atoms with Gasteiger partial charge in [0.25, 0.3) is 0 Å². The molecule has 294 valence electrons. The van der Waals surface area contributed by atoms with E-state index in [-0.39, 0.29) is 50.7 Å². The van der Waals surface area contributed by atoms with E-state index >= 15 is 0 Å². The number of Topliss-reactive ketones (excluding diaryl/α,β-unsaturated/α-hetero) is 1. The minimum atomic E-state index is -2.06. The number of benzene rings is 3. The first-order chi connectivity index (χ1) is 26.3. The summed E-state index contributed by atoms with van der Waals surface area (Å²) >= 11 is 0. The molecule has 0 aromatic heterocycles. The van der Waals surface area contributed by atoms with E-state index in [1.54, 1.807) is 51.1 Å². The number of ketones is 1. The number of amides is 3. The summed E-state index contributed by atoms with van der Waals surface area (Å²) in [5.74, 6) is -1.82. The van der Waals surface area contributed by atoms with Crippen LogP contribution in [0, 0.1) is 0 Å². The number of carbonyl (C=O) groups is 5. The number of aliphatic imine (C=N–C) groups is 1. The topological polar surface area (TPSA) is 230 Å². The number of rotatable bonds is 19. The van der Waals surface area contributed by atoms with Crippen LogP contribution in [0.2, 0.25) is 0 Å². The van der Waals surface area contributed by atoms with Gasteiger partial charge in [-0.1, -0.05) is 78.9 Å². The summed E-state index contributed by atoms with van der Waals surface area (Å²) in [7, 11) is 0. The minimum absolute atomic E-state index is 0.0122. The molecule has 55 heavy (non-hydrogen) atoms. The molecule has 4 rings (SSSR count). The van der Waals surface area contributed by atoms with Crippen molar-refractivity contribution >= 4 is 36.1 Å². The molecule has 0 heterocycles. The van der Waals surface area contributed by atoms with Crippen molar-refractivity contribution in [2.75, 3.05) is 19.7 Å². The molecule has 1 aliphatic carbocycles. The van der Waals surface area contributed by atoms with Crippen LogP contribution < -0.4 is 33.2 Å². The van der Waals surface area contributed by atoms with Gasteiger partial charge in [-0.25, -0.2) is 9.59 Å². The molecular formula is C41H53N7O7. The van der Waals surface area contributed by atoms with Crippen LogP contribution >= 0.6 is 0 Å². The molecule has 0 aliphatic heterocycles. The number of hydrogen-bond acceptors (Lipinski definition) is 9. The second-order valence-electron chi connectivity index (χ2n) is 14.5. The summed E-state index contributed by atoms with van der Waals surface area (Å²) in [4.78, 5) is 72.1. The molecule has 9 N–H and O–H groups in total. The first kappa shape index (κ1) is 42.0. The molecule has 14 heteroatoms. The Balaban J connectivity index is 1.59. The Morgan fingerprint density at radius 1 is 0.818 bits per heavy atom. The van der Waals surface area contributed by atoms with E-state index in [0.29, 0.717) is 31.2 Å². The van der Waals surface area contributed by atoms with Crippen LogP contribution in [0.5, 0.6) is 0 Å². The van der Waals surface area contributed by atoms with Gasteiger partial charge in [0.2, 0.25) is 5.91 Å².